The summed E-state index contributed by atoms with van der Waals surface area (Å²) in [5, 5.41) is 7.98. The highest BCUT2D eigenvalue weighted by Crippen LogP contribution is 2.25. The standard InChI is InChI=1S/C16H19F2N5O2S/c1-21(2)26(24,25)23-10-8-22(9-11-23)15-7-6-14(19-20-15)16-12(17)4-3-5-13(16)18/h3-7H,8-11H2,1-2H3. The third kappa shape index (κ3) is 3.53. The van der Waals surface area contributed by atoms with Gasteiger partial charge in [0.25, 0.3) is 10.2 Å². The second kappa shape index (κ2) is 7.22. The average Bonchev–Trinajstić information content (AvgIpc) is 2.62. The Kier molecular flexibility index (Phi) is 5.17. The monoisotopic (exact) mass is 383 g/mol. The first kappa shape index (κ1) is 18.6. The minimum atomic E-state index is -3.44. The van der Waals surface area contributed by atoms with Gasteiger partial charge in [0.15, 0.2) is 5.82 Å². The van der Waals surface area contributed by atoms with Crippen LogP contribution in [0.4, 0.5) is 14.6 Å². The molecule has 0 saturated carbocycles. The number of halogens is 2. The van der Waals surface area contributed by atoms with Crippen molar-refractivity contribution >= 4 is 16.0 Å². The molecule has 26 heavy (non-hydrogen) atoms. The van der Waals surface area contributed by atoms with Crippen molar-refractivity contribution in [3.05, 3.63) is 42.0 Å². The van der Waals surface area contributed by atoms with Crippen molar-refractivity contribution < 1.29 is 17.2 Å². The summed E-state index contributed by atoms with van der Waals surface area (Å²) in [6.45, 7) is 1.56. The fourth-order valence-electron chi connectivity index (χ4n) is 2.75. The van der Waals surface area contributed by atoms with Crippen molar-refractivity contribution in [3.8, 4) is 11.3 Å². The number of rotatable bonds is 4. The van der Waals surface area contributed by atoms with E-state index in [0.29, 0.717) is 32.0 Å². The topological polar surface area (TPSA) is 69.6 Å². The van der Waals surface area contributed by atoms with Gasteiger partial charge in [0, 0.05) is 40.3 Å². The quantitative estimate of drug-likeness (QED) is 0.797. The summed E-state index contributed by atoms with van der Waals surface area (Å²) in [5.41, 5.74) is -0.105. The molecule has 0 bridgehead atoms. The van der Waals surface area contributed by atoms with Crippen molar-refractivity contribution in [2.75, 3.05) is 45.2 Å². The van der Waals surface area contributed by atoms with Crippen LogP contribution in [0.15, 0.2) is 30.3 Å². The zero-order valence-electron chi connectivity index (χ0n) is 14.4. The fourth-order valence-corrected chi connectivity index (χ4v) is 3.84. The van der Waals surface area contributed by atoms with Crippen LogP contribution in [0.3, 0.4) is 0 Å². The first-order valence-corrected chi connectivity index (χ1v) is 9.41. The number of hydrogen-bond acceptors (Lipinski definition) is 5. The third-order valence-electron chi connectivity index (χ3n) is 4.22. The summed E-state index contributed by atoms with van der Waals surface area (Å²) >= 11 is 0. The first-order chi connectivity index (χ1) is 12.3. The Balaban J connectivity index is 1.73. The van der Waals surface area contributed by atoms with Gasteiger partial charge >= 0.3 is 0 Å². The molecule has 140 valence electrons. The first-order valence-electron chi connectivity index (χ1n) is 8.01. The largest absolute Gasteiger partial charge is 0.352 e. The lowest BCUT2D eigenvalue weighted by Crippen LogP contribution is -2.51. The summed E-state index contributed by atoms with van der Waals surface area (Å²) in [5.74, 6) is -0.864. The van der Waals surface area contributed by atoms with Crippen LogP contribution in [-0.4, -0.2) is 67.5 Å². The van der Waals surface area contributed by atoms with Crippen molar-refractivity contribution in [1.82, 2.24) is 18.8 Å². The van der Waals surface area contributed by atoms with Gasteiger partial charge in [0.1, 0.15) is 11.6 Å². The Labute approximate surface area is 151 Å². The maximum absolute atomic E-state index is 13.8. The van der Waals surface area contributed by atoms with E-state index in [1.165, 1.54) is 47.0 Å². The minimum absolute atomic E-state index is 0.109. The van der Waals surface area contributed by atoms with Gasteiger partial charge in [-0.3, -0.25) is 0 Å². The van der Waals surface area contributed by atoms with Crippen molar-refractivity contribution in [2.24, 2.45) is 0 Å². The van der Waals surface area contributed by atoms with E-state index in [1.54, 1.807) is 6.07 Å². The van der Waals surface area contributed by atoms with Crippen molar-refractivity contribution in [3.63, 3.8) is 0 Å². The number of piperazine rings is 1. The van der Waals surface area contributed by atoms with Crippen molar-refractivity contribution in [1.29, 1.82) is 0 Å². The molecule has 0 N–H and O–H groups in total. The molecule has 10 heteroatoms. The normalized spacial score (nSPS) is 16.3. The summed E-state index contributed by atoms with van der Waals surface area (Å²) in [4.78, 5) is 1.89. The van der Waals surface area contributed by atoms with E-state index >= 15 is 0 Å². The lowest BCUT2D eigenvalue weighted by molar-refractivity contribution is 0.354. The molecule has 7 nitrogen and oxygen atoms in total. The number of aromatic nitrogens is 2. The van der Waals surface area contributed by atoms with Gasteiger partial charge in [-0.05, 0) is 24.3 Å². The Bertz CT molecular complexity index is 862. The van der Waals surface area contributed by atoms with Crippen LogP contribution in [0.5, 0.6) is 0 Å². The molecule has 1 aliphatic rings. The molecular weight excluding hydrogens is 364 g/mol. The molecule has 2 aromatic rings. The van der Waals surface area contributed by atoms with Gasteiger partial charge < -0.3 is 4.90 Å². The van der Waals surface area contributed by atoms with E-state index < -0.39 is 21.8 Å². The number of nitrogens with zero attached hydrogens (tertiary/aromatic N) is 5. The molecule has 0 aliphatic carbocycles. The van der Waals surface area contributed by atoms with Gasteiger partial charge in [0.05, 0.1) is 11.3 Å². The van der Waals surface area contributed by atoms with Crippen LogP contribution in [0, 0.1) is 11.6 Å². The lowest BCUT2D eigenvalue weighted by Gasteiger charge is -2.35. The van der Waals surface area contributed by atoms with Gasteiger partial charge in [0.2, 0.25) is 0 Å². The number of benzene rings is 1. The Morgan fingerprint density at radius 3 is 2.08 bits per heavy atom. The highest BCUT2D eigenvalue weighted by atomic mass is 32.2. The van der Waals surface area contributed by atoms with Crippen LogP contribution in [0.1, 0.15) is 0 Å². The van der Waals surface area contributed by atoms with E-state index in [4.69, 9.17) is 0 Å². The maximum Gasteiger partial charge on any atom is 0.281 e. The Hall–Kier alpha value is -2.17. The highest BCUT2D eigenvalue weighted by molar-refractivity contribution is 7.86. The summed E-state index contributed by atoms with van der Waals surface area (Å²) in [7, 11) is -0.450. The van der Waals surface area contributed by atoms with Crippen molar-refractivity contribution in [2.45, 2.75) is 0 Å². The molecule has 1 saturated heterocycles. The van der Waals surface area contributed by atoms with Crippen LogP contribution in [-0.2, 0) is 10.2 Å². The fraction of sp³-hybridized carbons (Fsp3) is 0.375. The van der Waals surface area contributed by atoms with E-state index in [-0.39, 0.29) is 11.3 Å². The number of hydrogen-bond donors (Lipinski definition) is 0. The highest BCUT2D eigenvalue weighted by Gasteiger charge is 2.29. The van der Waals surface area contributed by atoms with Crippen LogP contribution in [0.2, 0.25) is 0 Å². The van der Waals surface area contributed by atoms with E-state index in [1.807, 2.05) is 4.90 Å². The Morgan fingerprint density at radius 1 is 0.962 bits per heavy atom. The number of anilines is 1. The lowest BCUT2D eigenvalue weighted by atomic mass is 10.1. The predicted octanol–water partition coefficient (Wildman–Crippen LogP) is 1.35. The zero-order chi connectivity index (χ0) is 18.9. The summed E-state index contributed by atoms with van der Waals surface area (Å²) in [6, 6.07) is 6.76. The molecule has 1 fully saturated rings. The second-order valence-corrected chi connectivity index (χ2v) is 8.19. The van der Waals surface area contributed by atoms with E-state index in [0.717, 1.165) is 0 Å². The molecule has 3 rings (SSSR count). The van der Waals surface area contributed by atoms with Gasteiger partial charge in [-0.25, -0.2) is 8.78 Å². The Morgan fingerprint density at radius 2 is 1.58 bits per heavy atom. The molecule has 1 aromatic carbocycles. The molecule has 1 aromatic heterocycles. The van der Waals surface area contributed by atoms with Gasteiger partial charge in [-0.15, -0.1) is 10.2 Å². The molecule has 0 spiro atoms. The molecule has 0 amide bonds. The molecule has 1 aliphatic heterocycles. The molecule has 0 radical (unpaired) electrons. The summed E-state index contributed by atoms with van der Waals surface area (Å²) in [6.07, 6.45) is 0. The zero-order valence-corrected chi connectivity index (χ0v) is 15.2. The molecular formula is C16H19F2N5O2S. The third-order valence-corrected chi connectivity index (χ3v) is 6.16. The molecule has 0 unspecified atom stereocenters. The molecule has 0 atom stereocenters. The van der Waals surface area contributed by atoms with E-state index in [2.05, 4.69) is 10.2 Å². The SMILES string of the molecule is CN(C)S(=O)(=O)N1CCN(c2ccc(-c3c(F)cccc3F)nn2)CC1. The minimum Gasteiger partial charge on any atom is -0.352 e. The smallest absolute Gasteiger partial charge is 0.281 e. The summed E-state index contributed by atoms with van der Waals surface area (Å²) < 4.78 is 54.5. The average molecular weight is 383 g/mol. The maximum atomic E-state index is 13.8. The van der Waals surface area contributed by atoms with Gasteiger partial charge in [-0.1, -0.05) is 6.07 Å². The van der Waals surface area contributed by atoms with Gasteiger partial charge in [-0.2, -0.15) is 17.0 Å². The predicted molar refractivity (Wildman–Crippen MR) is 93.8 cm³/mol. The van der Waals surface area contributed by atoms with Crippen LogP contribution in [0.25, 0.3) is 11.3 Å². The second-order valence-electron chi connectivity index (χ2n) is 6.05. The van der Waals surface area contributed by atoms with Crippen LogP contribution < -0.4 is 4.90 Å². The van der Waals surface area contributed by atoms with Crippen LogP contribution >= 0.6 is 0 Å². The van der Waals surface area contributed by atoms with E-state index in [9.17, 15) is 17.2 Å². The molecule has 2 heterocycles.